The number of aliphatic hydroxyl groups excluding tert-OH is 1. The summed E-state index contributed by atoms with van der Waals surface area (Å²) in [5.41, 5.74) is -2.12. The normalized spacial score (nSPS) is 23.5. The summed E-state index contributed by atoms with van der Waals surface area (Å²) in [5, 5.41) is 22.3. The van der Waals surface area contributed by atoms with Crippen LogP contribution in [0.15, 0.2) is 60.3 Å². The van der Waals surface area contributed by atoms with E-state index in [1.54, 1.807) is 30.3 Å². The molecule has 2 aliphatic rings. The van der Waals surface area contributed by atoms with Gasteiger partial charge in [0.25, 0.3) is 11.5 Å². The predicted molar refractivity (Wildman–Crippen MR) is 268 cm³/mol. The topological polar surface area (TPSA) is 305 Å². The Morgan fingerprint density at radius 2 is 1.61 bits per heavy atom. The molecule has 24 nitrogen and oxygen atoms in total. The van der Waals surface area contributed by atoms with Gasteiger partial charge in [-0.05, 0) is 40.7 Å². The quantitative estimate of drug-likeness (QED) is 0.0278. The van der Waals surface area contributed by atoms with E-state index in [-0.39, 0.29) is 46.6 Å². The molecule has 1 aromatic carbocycles. The van der Waals surface area contributed by atoms with Gasteiger partial charge in [-0.3, -0.25) is 27.7 Å². The average molecular weight is 1130 g/mol. The highest BCUT2D eigenvalue weighted by molar-refractivity contribution is 7.48. The summed E-state index contributed by atoms with van der Waals surface area (Å²) in [5.74, 6) is -1.55. The Bertz CT molecular complexity index is 2970. The van der Waals surface area contributed by atoms with E-state index in [1.807, 2.05) is 61.5 Å². The second-order valence-corrected chi connectivity index (χ2v) is 30.3. The van der Waals surface area contributed by atoms with Gasteiger partial charge in [0.15, 0.2) is 53.2 Å². The van der Waals surface area contributed by atoms with E-state index in [9.17, 15) is 34.2 Å². The first-order valence-corrected chi connectivity index (χ1v) is 30.8. The third-order valence-corrected chi connectivity index (χ3v) is 24.9. The number of aliphatic hydroxyl groups is 1. The molecule has 0 radical (unpaired) electrons. The fraction of sp³-hybridized carbons (Fsp3) is 0.578. The zero-order valence-electron chi connectivity index (χ0n) is 42.6. The highest BCUT2D eigenvalue weighted by Gasteiger charge is 2.61. The molecule has 5 aromatic rings. The Labute approximate surface area is 433 Å². The van der Waals surface area contributed by atoms with Crippen LogP contribution in [0, 0.1) is 17.1 Å². The van der Waals surface area contributed by atoms with Crippen LogP contribution in [-0.2, 0) is 52.3 Å². The van der Waals surface area contributed by atoms with Crippen LogP contribution in [0.5, 0.6) is 0 Å². The molecule has 7 rings (SSSR count). The van der Waals surface area contributed by atoms with Crippen molar-refractivity contribution < 1.29 is 73.6 Å². The fourth-order valence-electron chi connectivity index (χ4n) is 9.29. The third-order valence-electron chi connectivity index (χ3n) is 13.2. The summed E-state index contributed by atoms with van der Waals surface area (Å²) in [4.78, 5) is 65.7. The largest absolute Gasteiger partial charge is 0.695 e. The summed E-state index contributed by atoms with van der Waals surface area (Å²) in [7, 11) is -14.8. The number of hydrogen-bond acceptors (Lipinski definition) is 19. The first-order chi connectivity index (χ1) is 35.5. The van der Waals surface area contributed by atoms with E-state index in [4.69, 9.17) is 36.1 Å². The summed E-state index contributed by atoms with van der Waals surface area (Å²) < 4.78 is 114. The second kappa shape index (κ2) is 23.9. The molecule has 0 spiro atoms. The number of alkyl halides is 1. The second-order valence-electron chi connectivity index (χ2n) is 19.3. The van der Waals surface area contributed by atoms with Gasteiger partial charge in [-0.1, -0.05) is 73.6 Å². The number of nitrogens with zero attached hydrogens (tertiary/aromatic N) is 8. The Kier molecular flexibility index (Phi) is 18.5. The van der Waals surface area contributed by atoms with Crippen molar-refractivity contribution in [3.05, 3.63) is 77.2 Å². The maximum absolute atomic E-state index is 16.8. The van der Waals surface area contributed by atoms with Gasteiger partial charge >= 0.3 is 33.2 Å². The number of halogens is 2. The van der Waals surface area contributed by atoms with Gasteiger partial charge in [-0.25, -0.2) is 33.3 Å². The number of amides is 1. The van der Waals surface area contributed by atoms with E-state index >= 15 is 13.3 Å². The molecule has 10 atom stereocenters. The van der Waals surface area contributed by atoms with Crippen molar-refractivity contribution in [2.24, 2.45) is 7.05 Å². The molecule has 75 heavy (non-hydrogen) atoms. The number of imidazole rings is 1. The van der Waals surface area contributed by atoms with Crippen molar-refractivity contribution in [3.63, 3.8) is 0 Å². The van der Waals surface area contributed by atoms with Crippen LogP contribution in [0.4, 0.5) is 14.6 Å². The number of rotatable bonds is 24. The highest BCUT2D eigenvalue weighted by atomic mass is 31.2. The van der Waals surface area contributed by atoms with E-state index in [2.05, 4.69) is 25.3 Å². The van der Waals surface area contributed by atoms with Crippen LogP contribution >= 0.6 is 16.1 Å². The molecule has 6 heterocycles. The van der Waals surface area contributed by atoms with Crippen molar-refractivity contribution in [1.82, 2.24) is 33.6 Å². The number of phosphoric acid groups is 1. The Morgan fingerprint density at radius 3 is 2.24 bits per heavy atom. The van der Waals surface area contributed by atoms with Gasteiger partial charge in [-0.15, -0.1) is 9.42 Å². The smallest absolute Gasteiger partial charge is 0.414 e. The third kappa shape index (κ3) is 11.9. The molecular formula is C45H62F2N9O15P2Si2+. The minimum atomic E-state index is -5.20. The molecule has 0 saturated carbocycles. The van der Waals surface area contributed by atoms with Gasteiger partial charge in [-0.2, -0.15) is 5.26 Å². The number of aromatic nitrogens is 7. The molecule has 4 N–H and O–H groups in total. The predicted octanol–water partition coefficient (Wildman–Crippen LogP) is 6.88. The average Bonchev–Trinajstić information content (AvgIpc) is 4.11. The number of carbonyl (C=O) groups is 1. The van der Waals surface area contributed by atoms with E-state index in [0.717, 1.165) is 38.9 Å². The number of aryl methyl sites for hydroxylation is 1. The number of phosphoric ester groups is 1. The molecule has 4 aromatic heterocycles. The number of anilines is 1. The number of ether oxygens (including phenoxy) is 2. The molecule has 1 amide bonds. The number of hydrogen-bond donors (Lipinski definition) is 4. The highest BCUT2D eigenvalue weighted by Crippen LogP contribution is 2.56. The molecule has 2 aliphatic heterocycles. The van der Waals surface area contributed by atoms with Crippen molar-refractivity contribution >= 4 is 67.1 Å². The monoisotopic (exact) mass is 1120 g/mol. The van der Waals surface area contributed by atoms with Crippen LogP contribution in [0.3, 0.4) is 0 Å². The van der Waals surface area contributed by atoms with E-state index in [1.165, 1.54) is 7.05 Å². The minimum absolute atomic E-state index is 0.0233. The van der Waals surface area contributed by atoms with Crippen LogP contribution in [0.25, 0.3) is 22.2 Å². The first-order valence-electron chi connectivity index (χ1n) is 24.2. The maximum Gasteiger partial charge on any atom is 0.695 e. The lowest BCUT2D eigenvalue weighted by atomic mass is 10.1. The van der Waals surface area contributed by atoms with Gasteiger partial charge in [0.05, 0.1) is 44.5 Å². The van der Waals surface area contributed by atoms with Gasteiger partial charge in [0, 0.05) is 30.0 Å². The van der Waals surface area contributed by atoms with Crippen LogP contribution in [-0.4, -0.2) is 128 Å². The van der Waals surface area contributed by atoms with Crippen molar-refractivity contribution in [2.75, 3.05) is 25.1 Å². The number of carbonyl (C=O) groups excluding carboxylic acids is 1. The first kappa shape index (κ1) is 58.0. The zero-order chi connectivity index (χ0) is 54.7. The number of nitrogens with one attached hydrogen (secondary N) is 1. The maximum atomic E-state index is 16.8. The Morgan fingerprint density at radius 1 is 0.933 bits per heavy atom. The summed E-state index contributed by atoms with van der Waals surface area (Å²) in [6.07, 6.45) is -9.64. The molecular weight excluding hydrogens is 1060 g/mol. The van der Waals surface area contributed by atoms with Gasteiger partial charge in [0.1, 0.15) is 30.0 Å². The summed E-state index contributed by atoms with van der Waals surface area (Å²) in [6.45, 7) is 12.9. The Hall–Kier alpha value is -4.67. The molecule has 2 fully saturated rings. The van der Waals surface area contributed by atoms with E-state index < -0.39 is 136 Å². The molecule has 0 bridgehead atoms. The van der Waals surface area contributed by atoms with Crippen LogP contribution in [0.2, 0.25) is 22.2 Å². The van der Waals surface area contributed by atoms with Gasteiger partial charge < -0.3 is 42.4 Å². The summed E-state index contributed by atoms with van der Waals surface area (Å²) >= 11 is 0. The van der Waals surface area contributed by atoms with Crippen molar-refractivity contribution in [1.29, 1.82) is 5.26 Å². The number of benzene rings is 1. The van der Waals surface area contributed by atoms with Gasteiger partial charge in [0.2, 0.25) is 0 Å². The zero-order valence-corrected chi connectivity index (χ0v) is 46.4. The lowest BCUT2D eigenvalue weighted by molar-refractivity contribution is -0.0595. The minimum Gasteiger partial charge on any atom is -0.414 e. The fourth-order valence-corrected chi connectivity index (χ4v) is 21.0. The van der Waals surface area contributed by atoms with E-state index in [0.29, 0.717) is 5.56 Å². The summed E-state index contributed by atoms with van der Waals surface area (Å²) in [6, 6.07) is 10.1. The Balaban J connectivity index is 1.28. The molecule has 2 saturated heterocycles. The molecule has 30 heteroatoms. The lowest BCUT2D eigenvalue weighted by Crippen LogP contribution is -2.62. The SMILES string of the molecule is CC(C)[Si](O)(O[Si](O[C@H]1[C@@H](OP(=O)(OCCC#N)OC[C@H]2O[C@@H](n3cnc4c(NC(=O)c5ccccc5)ncnc43)[C@H](F)[C@@H]2O[P+](=O)O)[C@H](n2cc(F)c3c(=O)n(C)cnc32)O[C@@H]1CCO)(C(C)C)C(C)C)C(C)C. The standard InChI is InChI=1S/C45H61F2N9O15P2Si2/c1-25(2)74(63,26(3)4)71-75(27(5)6,28(7)8)70-37-31(16-18-57)66-45(55-20-30(46)33-40(55)52-23-54(9)43(33)59)38(37)69-73(62,64-19-13-17-48)65-21-32-36(68-72(60)61)34(47)44(67-32)56-24-51-35-39(49-22-50-41(35)56)53-42(58)29-14-11-10-12-15-29/h10-12,14-15,20,22-28,31-32,34,36-38,44-45,57,63H,13,16,18-19,21H2,1-9H3,(H-,49,50,53,58,60,61)/p+1/t31-,32-,34-,36-,37-,38-,44-,45-,73?/m1/s1. The van der Waals surface area contributed by atoms with Crippen molar-refractivity contribution in [3.8, 4) is 6.07 Å². The molecule has 0 aliphatic carbocycles. The number of fused-ring (bicyclic) bond motifs is 2. The van der Waals surface area contributed by atoms with Crippen LogP contribution < -0.4 is 10.9 Å². The molecule has 408 valence electrons. The van der Waals surface area contributed by atoms with Crippen LogP contribution in [0.1, 0.15) is 91.0 Å². The molecule has 2 unspecified atom stereocenters. The van der Waals surface area contributed by atoms with Crippen molar-refractivity contribution in [2.45, 2.75) is 140 Å². The number of nitriles is 1. The lowest BCUT2D eigenvalue weighted by Gasteiger charge is -2.47.